The SMILES string of the molecule is O=S(=O)(NCCSCCCO)c1cnccc1Cl. The number of rotatable bonds is 8. The number of pyridine rings is 1. The Morgan fingerprint density at radius 3 is 2.89 bits per heavy atom. The van der Waals surface area contributed by atoms with E-state index in [1.807, 2.05) is 0 Å². The van der Waals surface area contributed by atoms with Crippen molar-refractivity contribution >= 4 is 33.4 Å². The molecule has 0 radical (unpaired) electrons. The Balaban J connectivity index is 2.44. The Morgan fingerprint density at radius 1 is 1.44 bits per heavy atom. The molecule has 5 nitrogen and oxygen atoms in total. The highest BCUT2D eigenvalue weighted by molar-refractivity contribution is 7.99. The van der Waals surface area contributed by atoms with E-state index in [1.165, 1.54) is 18.5 Å². The van der Waals surface area contributed by atoms with Gasteiger partial charge in [-0.2, -0.15) is 11.8 Å². The summed E-state index contributed by atoms with van der Waals surface area (Å²) in [5, 5.41) is 8.74. The Hall–Kier alpha value is -0.340. The van der Waals surface area contributed by atoms with E-state index in [0.29, 0.717) is 18.7 Å². The topological polar surface area (TPSA) is 79.3 Å². The van der Waals surface area contributed by atoms with Crippen LogP contribution >= 0.6 is 23.4 Å². The normalized spacial score (nSPS) is 11.7. The predicted molar refractivity (Wildman–Crippen MR) is 73.5 cm³/mol. The van der Waals surface area contributed by atoms with E-state index in [-0.39, 0.29) is 16.5 Å². The van der Waals surface area contributed by atoms with Gasteiger partial charge in [0.1, 0.15) is 4.90 Å². The number of aliphatic hydroxyl groups is 1. The minimum Gasteiger partial charge on any atom is -0.396 e. The summed E-state index contributed by atoms with van der Waals surface area (Å²) in [6, 6.07) is 1.44. The maximum Gasteiger partial charge on any atom is 0.243 e. The highest BCUT2D eigenvalue weighted by Crippen LogP contribution is 2.18. The van der Waals surface area contributed by atoms with Crippen molar-refractivity contribution in [1.82, 2.24) is 9.71 Å². The smallest absolute Gasteiger partial charge is 0.243 e. The van der Waals surface area contributed by atoms with Crippen molar-refractivity contribution in [2.45, 2.75) is 11.3 Å². The van der Waals surface area contributed by atoms with Crippen LogP contribution in [0.15, 0.2) is 23.4 Å². The Morgan fingerprint density at radius 2 is 2.22 bits per heavy atom. The number of aromatic nitrogens is 1. The number of aliphatic hydroxyl groups excluding tert-OH is 1. The molecule has 0 aliphatic carbocycles. The summed E-state index contributed by atoms with van der Waals surface area (Å²) in [6.07, 6.45) is 3.38. The van der Waals surface area contributed by atoms with Gasteiger partial charge in [-0.05, 0) is 18.2 Å². The van der Waals surface area contributed by atoms with Gasteiger partial charge in [0.25, 0.3) is 0 Å². The third-order valence-corrected chi connectivity index (χ3v) is 5.01. The quantitative estimate of drug-likeness (QED) is 0.704. The first-order valence-corrected chi connectivity index (χ1v) is 8.37. The molecule has 1 aromatic heterocycles. The number of thioether (sulfide) groups is 1. The molecule has 1 heterocycles. The Kier molecular flexibility index (Phi) is 6.95. The van der Waals surface area contributed by atoms with Crippen molar-refractivity contribution in [2.24, 2.45) is 0 Å². The van der Waals surface area contributed by atoms with Crippen molar-refractivity contribution in [2.75, 3.05) is 24.7 Å². The molecule has 0 aliphatic rings. The first-order chi connectivity index (χ1) is 8.58. The van der Waals surface area contributed by atoms with E-state index in [1.54, 1.807) is 11.8 Å². The molecule has 0 atom stereocenters. The van der Waals surface area contributed by atoms with Crippen LogP contribution in [0, 0.1) is 0 Å². The van der Waals surface area contributed by atoms with Gasteiger partial charge in [-0.3, -0.25) is 4.98 Å². The molecule has 0 bridgehead atoms. The Labute approximate surface area is 116 Å². The zero-order valence-corrected chi connectivity index (χ0v) is 12.1. The van der Waals surface area contributed by atoms with Crippen molar-refractivity contribution < 1.29 is 13.5 Å². The molecule has 102 valence electrons. The van der Waals surface area contributed by atoms with E-state index in [2.05, 4.69) is 9.71 Å². The average molecular weight is 311 g/mol. The van der Waals surface area contributed by atoms with E-state index in [4.69, 9.17) is 16.7 Å². The zero-order chi connectivity index (χ0) is 13.4. The van der Waals surface area contributed by atoms with E-state index >= 15 is 0 Å². The van der Waals surface area contributed by atoms with Crippen LogP contribution in [0.2, 0.25) is 5.02 Å². The van der Waals surface area contributed by atoms with Crippen LogP contribution in [0.5, 0.6) is 0 Å². The summed E-state index contributed by atoms with van der Waals surface area (Å²) >= 11 is 7.38. The maximum atomic E-state index is 11.9. The fourth-order valence-electron chi connectivity index (χ4n) is 1.16. The lowest BCUT2D eigenvalue weighted by Gasteiger charge is -2.07. The standard InChI is InChI=1S/C10H15ClN2O3S2/c11-9-2-3-12-8-10(9)18(15,16)13-4-7-17-6-1-5-14/h2-3,8,13-14H,1,4-7H2. The first kappa shape index (κ1) is 15.7. The summed E-state index contributed by atoms with van der Waals surface area (Å²) in [7, 11) is -3.59. The monoisotopic (exact) mass is 310 g/mol. The van der Waals surface area contributed by atoms with Crippen LogP contribution in [0.4, 0.5) is 0 Å². The minimum atomic E-state index is -3.59. The molecule has 2 N–H and O–H groups in total. The molecule has 0 aromatic carbocycles. The second-order valence-corrected chi connectivity index (χ2v) is 6.76. The number of nitrogens with zero attached hydrogens (tertiary/aromatic N) is 1. The second kappa shape index (κ2) is 7.96. The van der Waals surface area contributed by atoms with E-state index in [0.717, 1.165) is 5.75 Å². The van der Waals surface area contributed by atoms with Gasteiger partial charge in [-0.15, -0.1) is 0 Å². The number of hydrogen-bond donors (Lipinski definition) is 2. The molecular formula is C10H15ClN2O3S2. The molecule has 8 heteroatoms. The molecular weight excluding hydrogens is 296 g/mol. The summed E-state index contributed by atoms with van der Waals surface area (Å²) in [6.45, 7) is 0.480. The van der Waals surface area contributed by atoms with Gasteiger partial charge in [0, 0.05) is 31.3 Å². The van der Waals surface area contributed by atoms with Gasteiger partial charge in [0.05, 0.1) is 5.02 Å². The molecule has 18 heavy (non-hydrogen) atoms. The average Bonchev–Trinajstić information content (AvgIpc) is 2.34. The van der Waals surface area contributed by atoms with E-state index in [9.17, 15) is 8.42 Å². The van der Waals surface area contributed by atoms with Crippen LogP contribution in [0.1, 0.15) is 6.42 Å². The van der Waals surface area contributed by atoms with Crippen LogP contribution in [0.3, 0.4) is 0 Å². The number of sulfonamides is 1. The summed E-state index contributed by atoms with van der Waals surface area (Å²) in [5.41, 5.74) is 0. The van der Waals surface area contributed by atoms with Crippen LogP contribution in [-0.4, -0.2) is 43.2 Å². The number of halogens is 1. The molecule has 0 amide bonds. The van der Waals surface area contributed by atoms with Crippen molar-refractivity contribution in [3.63, 3.8) is 0 Å². The van der Waals surface area contributed by atoms with Crippen LogP contribution in [0.25, 0.3) is 0 Å². The third-order valence-electron chi connectivity index (χ3n) is 2.01. The summed E-state index contributed by atoms with van der Waals surface area (Å²) in [4.78, 5) is 3.74. The molecule has 1 aromatic rings. The van der Waals surface area contributed by atoms with Crippen molar-refractivity contribution in [3.8, 4) is 0 Å². The van der Waals surface area contributed by atoms with Gasteiger partial charge in [0.15, 0.2) is 0 Å². The van der Waals surface area contributed by atoms with Crippen LogP contribution < -0.4 is 4.72 Å². The van der Waals surface area contributed by atoms with Gasteiger partial charge >= 0.3 is 0 Å². The van der Waals surface area contributed by atoms with Crippen molar-refractivity contribution in [1.29, 1.82) is 0 Å². The lowest BCUT2D eigenvalue weighted by molar-refractivity contribution is 0.296. The first-order valence-electron chi connectivity index (χ1n) is 5.35. The lowest BCUT2D eigenvalue weighted by Crippen LogP contribution is -2.26. The largest absolute Gasteiger partial charge is 0.396 e. The number of hydrogen-bond acceptors (Lipinski definition) is 5. The molecule has 0 unspecified atom stereocenters. The summed E-state index contributed by atoms with van der Waals surface area (Å²) in [5.74, 6) is 1.46. The van der Waals surface area contributed by atoms with Gasteiger partial charge in [-0.25, -0.2) is 13.1 Å². The highest BCUT2D eigenvalue weighted by Gasteiger charge is 2.16. The fourth-order valence-corrected chi connectivity index (χ4v) is 3.53. The molecule has 0 fully saturated rings. The molecule has 0 spiro atoms. The second-order valence-electron chi connectivity index (χ2n) is 3.39. The Bertz CT molecular complexity index is 468. The van der Waals surface area contributed by atoms with Gasteiger partial charge in [-0.1, -0.05) is 11.6 Å². The highest BCUT2D eigenvalue weighted by atomic mass is 35.5. The van der Waals surface area contributed by atoms with E-state index < -0.39 is 10.0 Å². The minimum absolute atomic E-state index is 0.00738. The lowest BCUT2D eigenvalue weighted by atomic mass is 10.5. The van der Waals surface area contributed by atoms with Gasteiger partial charge in [0.2, 0.25) is 10.0 Å². The maximum absolute atomic E-state index is 11.9. The zero-order valence-electron chi connectivity index (χ0n) is 9.67. The van der Waals surface area contributed by atoms with Crippen molar-refractivity contribution in [3.05, 3.63) is 23.5 Å². The fraction of sp³-hybridized carbons (Fsp3) is 0.500. The number of nitrogens with one attached hydrogen (secondary N) is 1. The molecule has 0 saturated carbocycles. The molecule has 0 aliphatic heterocycles. The molecule has 1 rings (SSSR count). The molecule has 0 saturated heterocycles. The van der Waals surface area contributed by atoms with Gasteiger partial charge < -0.3 is 5.11 Å². The van der Waals surface area contributed by atoms with Crippen LogP contribution in [-0.2, 0) is 10.0 Å². The third kappa shape index (κ3) is 5.11. The predicted octanol–water partition coefficient (Wildman–Crippen LogP) is 1.13. The summed E-state index contributed by atoms with van der Waals surface area (Å²) < 4.78 is 26.2.